The van der Waals surface area contributed by atoms with Crippen molar-refractivity contribution in [1.29, 1.82) is 0 Å². The van der Waals surface area contributed by atoms with Gasteiger partial charge in [0.05, 0.1) is 5.39 Å². The summed E-state index contributed by atoms with van der Waals surface area (Å²) in [5.41, 5.74) is 1.34. The molecule has 1 aliphatic heterocycles. The number of hydrogen-bond donors (Lipinski definition) is 0. The third-order valence-corrected chi connectivity index (χ3v) is 6.06. The fourth-order valence-corrected chi connectivity index (χ4v) is 4.73. The van der Waals surface area contributed by atoms with E-state index >= 15 is 0 Å². The molecule has 3 heterocycles. The van der Waals surface area contributed by atoms with Gasteiger partial charge in [0, 0.05) is 23.5 Å². The van der Waals surface area contributed by atoms with Gasteiger partial charge < -0.3 is 4.90 Å². The van der Waals surface area contributed by atoms with E-state index in [4.69, 9.17) is 0 Å². The van der Waals surface area contributed by atoms with E-state index in [1.165, 1.54) is 28.0 Å². The number of rotatable bonds is 3. The van der Waals surface area contributed by atoms with Crippen molar-refractivity contribution in [3.63, 3.8) is 0 Å². The maximum absolute atomic E-state index is 13.3. The van der Waals surface area contributed by atoms with Crippen LogP contribution in [0.25, 0.3) is 21.3 Å². The number of thiophene rings is 1. The van der Waals surface area contributed by atoms with Gasteiger partial charge >= 0.3 is 0 Å². The second-order valence-corrected chi connectivity index (χ2v) is 8.06. The van der Waals surface area contributed by atoms with Crippen LogP contribution in [0.1, 0.15) is 23.5 Å². The number of benzene rings is 1. The third-order valence-electron chi connectivity index (χ3n) is 5.06. The molecule has 0 atom stereocenters. The number of nitrogens with zero attached hydrogens (tertiary/aromatic N) is 3. The van der Waals surface area contributed by atoms with E-state index in [1.807, 2.05) is 6.92 Å². The van der Waals surface area contributed by atoms with Crippen molar-refractivity contribution in [2.75, 3.05) is 13.1 Å². The fraction of sp³-hybridized carbons (Fsp3) is 0.350. The Morgan fingerprint density at radius 3 is 2.52 bits per heavy atom. The van der Waals surface area contributed by atoms with E-state index in [9.17, 15) is 14.0 Å². The third kappa shape index (κ3) is 3.16. The maximum atomic E-state index is 13.3. The molecule has 0 bridgehead atoms. The smallest absolute Gasteiger partial charge is 0.263 e. The Bertz CT molecular complexity index is 1080. The summed E-state index contributed by atoms with van der Waals surface area (Å²) >= 11 is 1.45. The lowest BCUT2D eigenvalue weighted by Gasteiger charge is -2.17. The summed E-state index contributed by atoms with van der Waals surface area (Å²) in [4.78, 5) is 33.8. The van der Waals surface area contributed by atoms with Crippen LogP contribution in [0.4, 0.5) is 4.39 Å². The second kappa shape index (κ2) is 6.88. The minimum atomic E-state index is -0.321. The molecular weight excluding hydrogens is 365 g/mol. The Hall–Kier alpha value is -2.54. The van der Waals surface area contributed by atoms with Crippen molar-refractivity contribution in [2.24, 2.45) is 0 Å². The van der Waals surface area contributed by atoms with E-state index in [0.29, 0.717) is 16.0 Å². The molecule has 0 unspecified atom stereocenters. The summed E-state index contributed by atoms with van der Waals surface area (Å²) in [6.45, 7) is 5.19. The Kier molecular flexibility index (Phi) is 4.55. The quantitative estimate of drug-likeness (QED) is 0.693. The zero-order valence-electron chi connectivity index (χ0n) is 15.3. The zero-order chi connectivity index (χ0) is 19.1. The number of amides is 1. The van der Waals surface area contributed by atoms with Crippen LogP contribution in [-0.4, -0.2) is 33.4 Å². The van der Waals surface area contributed by atoms with Gasteiger partial charge in [0.1, 0.15) is 23.0 Å². The first-order chi connectivity index (χ1) is 13.0. The number of fused-ring (bicyclic) bond motifs is 1. The number of halogens is 1. The highest BCUT2D eigenvalue weighted by atomic mass is 32.1. The molecule has 1 fully saturated rings. The highest BCUT2D eigenvalue weighted by Gasteiger charge is 2.22. The van der Waals surface area contributed by atoms with Crippen LogP contribution < -0.4 is 5.56 Å². The molecule has 27 heavy (non-hydrogen) atoms. The Labute approximate surface area is 160 Å². The zero-order valence-corrected chi connectivity index (χ0v) is 16.1. The lowest BCUT2D eigenvalue weighted by atomic mass is 10.0. The van der Waals surface area contributed by atoms with Crippen LogP contribution in [0.5, 0.6) is 0 Å². The normalized spacial score (nSPS) is 14.3. The van der Waals surface area contributed by atoms with Gasteiger partial charge in [0.15, 0.2) is 0 Å². The van der Waals surface area contributed by atoms with Crippen molar-refractivity contribution >= 4 is 27.5 Å². The topological polar surface area (TPSA) is 55.2 Å². The molecule has 4 rings (SSSR count). The molecule has 1 amide bonds. The summed E-state index contributed by atoms with van der Waals surface area (Å²) in [6.07, 6.45) is 2.02. The van der Waals surface area contributed by atoms with E-state index in [1.54, 1.807) is 24.0 Å². The molecule has 0 spiro atoms. The van der Waals surface area contributed by atoms with Crippen LogP contribution >= 0.6 is 11.3 Å². The van der Waals surface area contributed by atoms with Gasteiger partial charge in [-0.25, -0.2) is 9.37 Å². The van der Waals surface area contributed by atoms with Crippen molar-refractivity contribution in [1.82, 2.24) is 14.5 Å². The van der Waals surface area contributed by atoms with Crippen molar-refractivity contribution in [3.05, 3.63) is 51.1 Å². The van der Waals surface area contributed by atoms with E-state index in [0.717, 1.165) is 41.9 Å². The minimum Gasteiger partial charge on any atom is -0.341 e. The molecule has 7 heteroatoms. The minimum absolute atomic E-state index is 0.00532. The maximum Gasteiger partial charge on any atom is 0.263 e. The van der Waals surface area contributed by atoms with Gasteiger partial charge in [-0.15, -0.1) is 11.3 Å². The Morgan fingerprint density at radius 2 is 1.85 bits per heavy atom. The summed E-state index contributed by atoms with van der Waals surface area (Å²) in [7, 11) is 0. The predicted octanol–water partition coefficient (Wildman–Crippen LogP) is 3.50. The number of aryl methyl sites for hydroxylation is 2. The first kappa shape index (κ1) is 17.9. The van der Waals surface area contributed by atoms with Crippen molar-refractivity contribution in [2.45, 2.75) is 33.2 Å². The number of carbonyl (C=O) groups excluding carboxylic acids is 1. The lowest BCUT2D eigenvalue weighted by Crippen LogP contribution is -2.35. The molecule has 3 aromatic rings. The Morgan fingerprint density at radius 1 is 1.19 bits per heavy atom. The molecule has 0 N–H and O–H groups in total. The standard InChI is InChI=1S/C20H20FN3O2S/c1-12-17(14-5-7-15(21)8-6-14)18-19(27-12)22-13(2)24(20(18)26)11-16(25)23-9-3-4-10-23/h5-8H,3-4,9-11H2,1-2H3. The highest BCUT2D eigenvalue weighted by molar-refractivity contribution is 7.19. The predicted molar refractivity (Wildman–Crippen MR) is 105 cm³/mol. The first-order valence-electron chi connectivity index (χ1n) is 9.00. The summed E-state index contributed by atoms with van der Waals surface area (Å²) in [5, 5.41) is 0.504. The molecule has 5 nitrogen and oxygen atoms in total. The van der Waals surface area contributed by atoms with Crippen LogP contribution in [0, 0.1) is 19.7 Å². The van der Waals surface area contributed by atoms with Crippen molar-refractivity contribution in [3.8, 4) is 11.1 Å². The molecule has 0 saturated carbocycles. The summed E-state index contributed by atoms with van der Waals surface area (Å²) in [6, 6.07) is 6.11. The molecule has 140 valence electrons. The fourth-order valence-electron chi connectivity index (χ4n) is 3.65. The number of carbonyl (C=O) groups is 1. The average molecular weight is 385 g/mol. The van der Waals surface area contributed by atoms with E-state index in [-0.39, 0.29) is 23.8 Å². The molecule has 0 radical (unpaired) electrons. The van der Waals surface area contributed by atoms with Gasteiger partial charge in [0.25, 0.3) is 5.56 Å². The largest absolute Gasteiger partial charge is 0.341 e. The van der Waals surface area contributed by atoms with Crippen molar-refractivity contribution < 1.29 is 9.18 Å². The van der Waals surface area contributed by atoms with Gasteiger partial charge in [-0.05, 0) is 44.4 Å². The first-order valence-corrected chi connectivity index (χ1v) is 9.81. The van der Waals surface area contributed by atoms with Crippen LogP contribution in [0.15, 0.2) is 29.1 Å². The second-order valence-electron chi connectivity index (χ2n) is 6.86. The van der Waals surface area contributed by atoms with Gasteiger partial charge in [-0.3, -0.25) is 14.2 Å². The van der Waals surface area contributed by atoms with Gasteiger partial charge in [0.2, 0.25) is 5.91 Å². The molecular formula is C20H20FN3O2S. The van der Waals surface area contributed by atoms with Crippen LogP contribution in [-0.2, 0) is 11.3 Å². The molecule has 1 aliphatic rings. The highest BCUT2D eigenvalue weighted by Crippen LogP contribution is 2.35. The van der Waals surface area contributed by atoms with Crippen LogP contribution in [0.2, 0.25) is 0 Å². The monoisotopic (exact) mass is 385 g/mol. The summed E-state index contributed by atoms with van der Waals surface area (Å²) < 4.78 is 14.8. The van der Waals surface area contributed by atoms with Crippen LogP contribution in [0.3, 0.4) is 0 Å². The number of aromatic nitrogens is 2. The van der Waals surface area contributed by atoms with Gasteiger partial charge in [-0.2, -0.15) is 0 Å². The summed E-state index contributed by atoms with van der Waals surface area (Å²) in [5.74, 6) is 0.166. The number of hydrogen-bond acceptors (Lipinski definition) is 4. The lowest BCUT2D eigenvalue weighted by molar-refractivity contribution is -0.130. The average Bonchev–Trinajstić information content (AvgIpc) is 3.27. The molecule has 0 aliphatic carbocycles. The molecule has 1 saturated heterocycles. The van der Waals surface area contributed by atoms with E-state index in [2.05, 4.69) is 4.98 Å². The van der Waals surface area contributed by atoms with E-state index < -0.39 is 0 Å². The Balaban J connectivity index is 1.84. The SMILES string of the molecule is Cc1sc2nc(C)n(CC(=O)N3CCCC3)c(=O)c2c1-c1ccc(F)cc1. The molecule has 2 aromatic heterocycles. The molecule has 1 aromatic carbocycles. The number of likely N-dealkylation sites (tertiary alicyclic amines) is 1. The van der Waals surface area contributed by atoms with Gasteiger partial charge in [-0.1, -0.05) is 12.1 Å².